The highest BCUT2D eigenvalue weighted by atomic mass is 16.5. The third-order valence-electron chi connectivity index (χ3n) is 3.37. The van der Waals surface area contributed by atoms with E-state index in [1.54, 1.807) is 0 Å². The van der Waals surface area contributed by atoms with Crippen molar-refractivity contribution in [3.05, 3.63) is 24.0 Å². The number of pyridine rings is 1. The summed E-state index contributed by atoms with van der Waals surface area (Å²) in [7, 11) is 1.93. The SMILES string of the molecule is CNCc1ccc(OCC2CCCCC2)cn1. The number of nitrogens with zero attached hydrogens (tertiary/aromatic N) is 1. The number of rotatable bonds is 5. The Morgan fingerprint density at radius 2 is 2.12 bits per heavy atom. The summed E-state index contributed by atoms with van der Waals surface area (Å²) in [6.07, 6.45) is 8.61. The molecule has 1 N–H and O–H groups in total. The van der Waals surface area contributed by atoms with Crippen LogP contribution in [0.2, 0.25) is 0 Å². The molecule has 17 heavy (non-hydrogen) atoms. The normalized spacial score (nSPS) is 17.0. The van der Waals surface area contributed by atoms with E-state index < -0.39 is 0 Å². The van der Waals surface area contributed by atoms with E-state index in [2.05, 4.69) is 10.3 Å². The zero-order valence-electron chi connectivity index (χ0n) is 10.6. The fourth-order valence-electron chi connectivity index (χ4n) is 2.35. The molecule has 3 heteroatoms. The Hall–Kier alpha value is -1.09. The van der Waals surface area contributed by atoms with Gasteiger partial charge in [-0.2, -0.15) is 0 Å². The first kappa shape index (κ1) is 12.4. The van der Waals surface area contributed by atoms with Gasteiger partial charge in [-0.15, -0.1) is 0 Å². The van der Waals surface area contributed by atoms with Crippen molar-refractivity contribution in [2.75, 3.05) is 13.7 Å². The molecule has 0 radical (unpaired) electrons. The number of aromatic nitrogens is 1. The molecule has 94 valence electrons. The van der Waals surface area contributed by atoms with Crippen LogP contribution in [-0.4, -0.2) is 18.6 Å². The van der Waals surface area contributed by atoms with Crippen LogP contribution in [0, 0.1) is 5.92 Å². The Kier molecular flexibility index (Phi) is 4.80. The molecule has 0 bridgehead atoms. The maximum Gasteiger partial charge on any atom is 0.137 e. The molecule has 3 nitrogen and oxygen atoms in total. The number of nitrogens with one attached hydrogen (secondary N) is 1. The van der Waals surface area contributed by atoms with Crippen LogP contribution in [0.4, 0.5) is 0 Å². The fraction of sp³-hybridized carbons (Fsp3) is 0.643. The lowest BCUT2D eigenvalue weighted by Gasteiger charge is -2.21. The first-order valence-corrected chi connectivity index (χ1v) is 6.61. The Bertz CT molecular complexity index is 317. The van der Waals surface area contributed by atoms with E-state index in [0.717, 1.165) is 30.5 Å². The van der Waals surface area contributed by atoms with Crippen molar-refractivity contribution in [2.24, 2.45) is 5.92 Å². The minimum Gasteiger partial charge on any atom is -0.492 e. The van der Waals surface area contributed by atoms with Gasteiger partial charge in [0.15, 0.2) is 0 Å². The van der Waals surface area contributed by atoms with E-state index in [-0.39, 0.29) is 0 Å². The predicted molar refractivity (Wildman–Crippen MR) is 69.1 cm³/mol. The molecular formula is C14H22N2O. The summed E-state index contributed by atoms with van der Waals surface area (Å²) in [5, 5.41) is 3.08. The van der Waals surface area contributed by atoms with Gasteiger partial charge in [0.2, 0.25) is 0 Å². The smallest absolute Gasteiger partial charge is 0.137 e. The van der Waals surface area contributed by atoms with Crippen LogP contribution in [0.1, 0.15) is 37.8 Å². The zero-order valence-corrected chi connectivity index (χ0v) is 10.6. The highest BCUT2D eigenvalue weighted by molar-refractivity contribution is 5.19. The summed E-state index contributed by atoms with van der Waals surface area (Å²) in [5.41, 5.74) is 1.05. The quantitative estimate of drug-likeness (QED) is 0.850. The third-order valence-corrected chi connectivity index (χ3v) is 3.37. The summed E-state index contributed by atoms with van der Waals surface area (Å²) in [6.45, 7) is 1.66. The highest BCUT2D eigenvalue weighted by Gasteiger charge is 2.13. The Balaban J connectivity index is 1.77. The Morgan fingerprint density at radius 1 is 1.29 bits per heavy atom. The van der Waals surface area contributed by atoms with Crippen LogP contribution in [0.25, 0.3) is 0 Å². The van der Waals surface area contributed by atoms with E-state index in [0.29, 0.717) is 0 Å². The van der Waals surface area contributed by atoms with Gasteiger partial charge in [0, 0.05) is 6.54 Å². The van der Waals surface area contributed by atoms with Crippen molar-refractivity contribution < 1.29 is 4.74 Å². The minimum absolute atomic E-state index is 0.751. The van der Waals surface area contributed by atoms with E-state index in [1.165, 1.54) is 32.1 Å². The largest absolute Gasteiger partial charge is 0.492 e. The second-order valence-corrected chi connectivity index (χ2v) is 4.83. The molecule has 0 amide bonds. The summed E-state index contributed by atoms with van der Waals surface area (Å²) < 4.78 is 5.80. The van der Waals surface area contributed by atoms with Crippen molar-refractivity contribution >= 4 is 0 Å². The number of hydrogen-bond donors (Lipinski definition) is 1. The van der Waals surface area contributed by atoms with E-state index >= 15 is 0 Å². The highest BCUT2D eigenvalue weighted by Crippen LogP contribution is 2.24. The van der Waals surface area contributed by atoms with Gasteiger partial charge in [0.1, 0.15) is 5.75 Å². The van der Waals surface area contributed by atoms with Crippen LogP contribution in [0.5, 0.6) is 5.75 Å². The van der Waals surface area contributed by atoms with Gasteiger partial charge in [-0.3, -0.25) is 4.98 Å². The van der Waals surface area contributed by atoms with Crippen molar-refractivity contribution in [1.82, 2.24) is 10.3 Å². The first-order valence-electron chi connectivity index (χ1n) is 6.61. The van der Waals surface area contributed by atoms with E-state index in [4.69, 9.17) is 4.74 Å². The molecule has 1 fully saturated rings. The molecule has 0 unspecified atom stereocenters. The second kappa shape index (κ2) is 6.60. The molecule has 0 aliphatic heterocycles. The first-order chi connectivity index (χ1) is 8.38. The molecule has 0 aromatic carbocycles. The van der Waals surface area contributed by atoms with Crippen LogP contribution in [0.3, 0.4) is 0 Å². The fourth-order valence-corrected chi connectivity index (χ4v) is 2.35. The van der Waals surface area contributed by atoms with Gasteiger partial charge in [0.25, 0.3) is 0 Å². The van der Waals surface area contributed by atoms with Gasteiger partial charge in [-0.1, -0.05) is 19.3 Å². The topological polar surface area (TPSA) is 34.1 Å². The van der Waals surface area contributed by atoms with Gasteiger partial charge < -0.3 is 10.1 Å². The molecule has 0 atom stereocenters. The van der Waals surface area contributed by atoms with Crippen LogP contribution < -0.4 is 10.1 Å². The standard InChI is InChI=1S/C14H22N2O/c1-15-9-13-7-8-14(10-16-13)17-11-12-5-3-2-4-6-12/h7-8,10,12,15H,2-6,9,11H2,1H3. The molecule has 1 aromatic heterocycles. The molecule has 0 saturated heterocycles. The zero-order chi connectivity index (χ0) is 11.9. The molecule has 1 saturated carbocycles. The third kappa shape index (κ3) is 4.00. The monoisotopic (exact) mass is 234 g/mol. The Labute approximate surface area is 104 Å². The van der Waals surface area contributed by atoms with Crippen molar-refractivity contribution in [2.45, 2.75) is 38.6 Å². The van der Waals surface area contributed by atoms with Crippen LogP contribution in [-0.2, 0) is 6.54 Å². The molecule has 1 aromatic rings. The Morgan fingerprint density at radius 3 is 2.76 bits per heavy atom. The minimum atomic E-state index is 0.751. The van der Waals surface area contributed by atoms with Crippen LogP contribution >= 0.6 is 0 Å². The average Bonchev–Trinajstić information content (AvgIpc) is 2.40. The summed E-state index contributed by atoms with van der Waals surface area (Å²) in [4.78, 5) is 4.34. The maximum atomic E-state index is 5.80. The molecular weight excluding hydrogens is 212 g/mol. The molecule has 2 rings (SSSR count). The summed E-state index contributed by atoms with van der Waals surface area (Å²) in [5.74, 6) is 1.65. The van der Waals surface area contributed by atoms with Crippen molar-refractivity contribution in [3.8, 4) is 5.75 Å². The lowest BCUT2D eigenvalue weighted by atomic mass is 9.90. The summed E-state index contributed by atoms with van der Waals surface area (Å²) >= 11 is 0. The van der Waals surface area contributed by atoms with Gasteiger partial charge in [-0.05, 0) is 37.9 Å². The molecule has 1 heterocycles. The second-order valence-electron chi connectivity index (χ2n) is 4.83. The maximum absolute atomic E-state index is 5.80. The van der Waals surface area contributed by atoms with E-state index in [9.17, 15) is 0 Å². The van der Waals surface area contributed by atoms with Gasteiger partial charge in [0.05, 0.1) is 18.5 Å². The van der Waals surface area contributed by atoms with Gasteiger partial charge >= 0.3 is 0 Å². The lowest BCUT2D eigenvalue weighted by Crippen LogP contribution is -2.15. The molecule has 0 spiro atoms. The molecule has 1 aliphatic carbocycles. The summed E-state index contributed by atoms with van der Waals surface area (Å²) in [6, 6.07) is 4.04. The lowest BCUT2D eigenvalue weighted by molar-refractivity contribution is 0.208. The van der Waals surface area contributed by atoms with E-state index in [1.807, 2.05) is 25.4 Å². The van der Waals surface area contributed by atoms with Crippen LogP contribution in [0.15, 0.2) is 18.3 Å². The number of ether oxygens (including phenoxy) is 1. The van der Waals surface area contributed by atoms with Crippen molar-refractivity contribution in [3.63, 3.8) is 0 Å². The average molecular weight is 234 g/mol. The molecule has 1 aliphatic rings. The number of hydrogen-bond acceptors (Lipinski definition) is 3. The predicted octanol–water partition coefficient (Wildman–Crippen LogP) is 2.76. The van der Waals surface area contributed by atoms with Gasteiger partial charge in [-0.25, -0.2) is 0 Å². The van der Waals surface area contributed by atoms with Crippen molar-refractivity contribution in [1.29, 1.82) is 0 Å².